The van der Waals surface area contributed by atoms with E-state index in [0.717, 1.165) is 25.8 Å². The molecule has 0 saturated carbocycles. The van der Waals surface area contributed by atoms with Crippen LogP contribution >= 0.6 is 11.3 Å². The van der Waals surface area contributed by atoms with E-state index >= 15 is 0 Å². The van der Waals surface area contributed by atoms with Crippen molar-refractivity contribution < 1.29 is 34.4 Å². The minimum atomic E-state index is -1.22. The molecule has 3 aromatic rings. The number of hydrogen-bond donors (Lipinski definition) is 3. The Bertz CT molecular complexity index is 1080. The summed E-state index contributed by atoms with van der Waals surface area (Å²) in [4.78, 5) is 36.5. The third-order valence-corrected chi connectivity index (χ3v) is 5.44. The number of rotatable bonds is 10. The summed E-state index contributed by atoms with van der Waals surface area (Å²) in [5.74, 6) is -3.56. The van der Waals surface area contributed by atoms with Crippen LogP contribution in [-0.2, 0) is 14.4 Å². The van der Waals surface area contributed by atoms with Crippen LogP contribution in [-0.4, -0.2) is 52.9 Å². The van der Waals surface area contributed by atoms with Gasteiger partial charge in [-0.2, -0.15) is 0 Å². The average Bonchev–Trinajstić information content (AvgIpc) is 3.22. The standard InChI is InChI=1S/C22H19NO7S/c24-20(25)11-23(12-21(26)27)16-7-6-15(10-17(16)30-13-22(28)29)19-9-8-18(31-19)14-4-2-1-3-5-14/h1-10H,11-13H2,(H,24,25)(H,26,27)(H,28,29). The number of aliphatic carboxylic acids is 3. The summed E-state index contributed by atoms with van der Waals surface area (Å²) in [6.45, 7) is -1.80. The zero-order chi connectivity index (χ0) is 22.4. The fraction of sp³-hybridized carbons (Fsp3) is 0.136. The zero-order valence-electron chi connectivity index (χ0n) is 16.2. The third kappa shape index (κ3) is 5.83. The molecule has 0 amide bonds. The molecule has 0 unspecified atom stereocenters. The molecule has 0 radical (unpaired) electrons. The van der Waals surface area contributed by atoms with E-state index < -0.39 is 37.6 Å². The van der Waals surface area contributed by atoms with Crippen LogP contribution in [0.1, 0.15) is 0 Å². The first kappa shape index (κ1) is 21.8. The van der Waals surface area contributed by atoms with Crippen LogP contribution in [0.4, 0.5) is 5.69 Å². The van der Waals surface area contributed by atoms with E-state index in [1.807, 2.05) is 42.5 Å². The van der Waals surface area contributed by atoms with Gasteiger partial charge in [0, 0.05) is 9.75 Å². The van der Waals surface area contributed by atoms with Gasteiger partial charge in [0.15, 0.2) is 6.61 Å². The number of nitrogens with zero attached hydrogens (tertiary/aromatic N) is 1. The maximum absolute atomic E-state index is 11.2. The van der Waals surface area contributed by atoms with Crippen LogP contribution in [0.15, 0.2) is 60.7 Å². The van der Waals surface area contributed by atoms with Gasteiger partial charge in [0.25, 0.3) is 0 Å². The number of ether oxygens (including phenoxy) is 1. The van der Waals surface area contributed by atoms with Crippen LogP contribution in [0.5, 0.6) is 5.75 Å². The van der Waals surface area contributed by atoms with Gasteiger partial charge in [-0.3, -0.25) is 9.59 Å². The summed E-state index contributed by atoms with van der Waals surface area (Å²) in [5.41, 5.74) is 1.99. The monoisotopic (exact) mass is 441 g/mol. The largest absolute Gasteiger partial charge is 0.480 e. The highest BCUT2D eigenvalue weighted by atomic mass is 32.1. The minimum absolute atomic E-state index is 0.0945. The van der Waals surface area contributed by atoms with Crippen molar-refractivity contribution >= 4 is 34.9 Å². The SMILES string of the molecule is O=C(O)COc1cc(-c2ccc(-c3ccccc3)s2)ccc1N(CC(=O)O)CC(=O)O. The van der Waals surface area contributed by atoms with Gasteiger partial charge < -0.3 is 25.0 Å². The number of hydrogen-bond acceptors (Lipinski definition) is 6. The number of carbonyl (C=O) groups is 3. The van der Waals surface area contributed by atoms with E-state index in [9.17, 15) is 14.4 Å². The van der Waals surface area contributed by atoms with Crippen molar-refractivity contribution in [1.29, 1.82) is 0 Å². The highest BCUT2D eigenvalue weighted by Crippen LogP contribution is 2.38. The lowest BCUT2D eigenvalue weighted by molar-refractivity contribution is -0.140. The van der Waals surface area contributed by atoms with Gasteiger partial charge in [-0.25, -0.2) is 4.79 Å². The predicted octanol–water partition coefficient (Wildman–Crippen LogP) is 3.52. The third-order valence-electron chi connectivity index (χ3n) is 4.25. The van der Waals surface area contributed by atoms with Gasteiger partial charge in [0.2, 0.25) is 0 Å². The van der Waals surface area contributed by atoms with Crippen molar-refractivity contribution in [3.63, 3.8) is 0 Å². The van der Waals surface area contributed by atoms with Crippen molar-refractivity contribution in [3.8, 4) is 26.6 Å². The van der Waals surface area contributed by atoms with Crippen LogP contribution in [0, 0.1) is 0 Å². The van der Waals surface area contributed by atoms with Crippen LogP contribution < -0.4 is 9.64 Å². The first-order chi connectivity index (χ1) is 14.8. The van der Waals surface area contributed by atoms with E-state index in [2.05, 4.69) is 0 Å². The molecule has 0 spiro atoms. The second-order valence-corrected chi connectivity index (χ2v) is 7.62. The maximum atomic E-state index is 11.2. The molecule has 9 heteroatoms. The number of carboxylic acids is 3. The molecular weight excluding hydrogens is 422 g/mol. The van der Waals surface area contributed by atoms with E-state index in [4.69, 9.17) is 20.1 Å². The highest BCUT2D eigenvalue weighted by molar-refractivity contribution is 7.18. The van der Waals surface area contributed by atoms with Gasteiger partial charge in [-0.1, -0.05) is 36.4 Å². The van der Waals surface area contributed by atoms with Gasteiger partial charge in [-0.05, 0) is 35.4 Å². The van der Waals surface area contributed by atoms with Crippen molar-refractivity contribution in [2.45, 2.75) is 0 Å². The first-order valence-electron chi connectivity index (χ1n) is 9.16. The minimum Gasteiger partial charge on any atom is -0.480 e. The molecule has 0 aliphatic rings. The second kappa shape index (κ2) is 9.77. The maximum Gasteiger partial charge on any atom is 0.341 e. The Kier molecular flexibility index (Phi) is 6.88. The molecule has 0 atom stereocenters. The van der Waals surface area contributed by atoms with Crippen molar-refractivity contribution in [1.82, 2.24) is 0 Å². The highest BCUT2D eigenvalue weighted by Gasteiger charge is 2.20. The Morgan fingerprint density at radius 3 is 1.97 bits per heavy atom. The molecule has 0 aliphatic heterocycles. The number of carboxylic acid groups (broad SMARTS) is 3. The molecule has 0 fully saturated rings. The van der Waals surface area contributed by atoms with E-state index in [1.54, 1.807) is 18.2 Å². The fourth-order valence-electron chi connectivity index (χ4n) is 2.99. The molecule has 1 heterocycles. The molecule has 160 valence electrons. The summed E-state index contributed by atoms with van der Waals surface area (Å²) < 4.78 is 5.37. The van der Waals surface area contributed by atoms with Crippen molar-refractivity contribution in [3.05, 3.63) is 60.7 Å². The summed E-state index contributed by atoms with van der Waals surface area (Å²) in [6.07, 6.45) is 0. The Labute approximate surface area is 181 Å². The quantitative estimate of drug-likeness (QED) is 0.437. The van der Waals surface area contributed by atoms with E-state index in [-0.39, 0.29) is 11.4 Å². The lowest BCUT2D eigenvalue weighted by Gasteiger charge is -2.23. The van der Waals surface area contributed by atoms with Crippen molar-refractivity contribution in [2.24, 2.45) is 0 Å². The molecule has 8 nitrogen and oxygen atoms in total. The lowest BCUT2D eigenvalue weighted by Crippen LogP contribution is -2.34. The number of thiophene rings is 1. The zero-order valence-corrected chi connectivity index (χ0v) is 17.0. The molecular formula is C22H19NO7S. The molecule has 3 rings (SSSR count). The van der Waals surface area contributed by atoms with Crippen LogP contribution in [0.3, 0.4) is 0 Å². The van der Waals surface area contributed by atoms with E-state index in [0.29, 0.717) is 0 Å². The van der Waals surface area contributed by atoms with Gasteiger partial charge in [-0.15, -0.1) is 11.3 Å². The molecule has 1 aromatic heterocycles. The molecule has 0 saturated heterocycles. The molecule has 0 bridgehead atoms. The first-order valence-corrected chi connectivity index (χ1v) is 9.98. The number of benzene rings is 2. The predicted molar refractivity (Wildman–Crippen MR) is 116 cm³/mol. The van der Waals surface area contributed by atoms with E-state index in [1.165, 1.54) is 11.3 Å². The average molecular weight is 441 g/mol. The Balaban J connectivity index is 1.98. The molecule has 3 N–H and O–H groups in total. The summed E-state index contributed by atoms with van der Waals surface area (Å²) in [5, 5.41) is 27.3. The molecule has 0 aliphatic carbocycles. The Hall–Kier alpha value is -3.85. The lowest BCUT2D eigenvalue weighted by atomic mass is 10.1. The molecule has 31 heavy (non-hydrogen) atoms. The van der Waals surface area contributed by atoms with Gasteiger partial charge in [0.05, 0.1) is 5.69 Å². The molecule has 2 aromatic carbocycles. The van der Waals surface area contributed by atoms with Crippen molar-refractivity contribution in [2.75, 3.05) is 24.6 Å². The number of anilines is 1. The Morgan fingerprint density at radius 1 is 0.774 bits per heavy atom. The second-order valence-electron chi connectivity index (χ2n) is 6.54. The smallest absolute Gasteiger partial charge is 0.341 e. The fourth-order valence-corrected chi connectivity index (χ4v) is 3.99. The summed E-state index contributed by atoms with van der Waals surface area (Å²) in [7, 11) is 0. The summed E-state index contributed by atoms with van der Waals surface area (Å²) in [6, 6.07) is 18.6. The Morgan fingerprint density at radius 2 is 1.39 bits per heavy atom. The van der Waals surface area contributed by atoms with Crippen LogP contribution in [0.2, 0.25) is 0 Å². The van der Waals surface area contributed by atoms with Gasteiger partial charge in [0.1, 0.15) is 18.8 Å². The van der Waals surface area contributed by atoms with Gasteiger partial charge >= 0.3 is 17.9 Å². The topological polar surface area (TPSA) is 124 Å². The summed E-state index contributed by atoms with van der Waals surface area (Å²) >= 11 is 1.53. The van der Waals surface area contributed by atoms with Crippen LogP contribution in [0.25, 0.3) is 20.9 Å². The normalized spacial score (nSPS) is 10.5.